The van der Waals surface area contributed by atoms with E-state index in [1.807, 2.05) is 36.4 Å². The highest BCUT2D eigenvalue weighted by atomic mass is 16.1. The molecule has 4 heteroatoms. The Bertz CT molecular complexity index is 606. The monoisotopic (exact) mass is 367 g/mol. The Kier molecular flexibility index (Phi) is 10.1. The highest BCUT2D eigenvalue weighted by Crippen LogP contribution is 2.17. The number of nitrogens with one attached hydrogen (secondary N) is 2. The fraction of sp³-hybridized carbons (Fsp3) is 0.565. The first-order valence-electron chi connectivity index (χ1n) is 10.5. The number of hydrogen-bond donors (Lipinski definition) is 2. The molecule has 1 aliphatic rings. The minimum atomic E-state index is -0.318. The van der Waals surface area contributed by atoms with Crippen molar-refractivity contribution in [3.05, 3.63) is 47.7 Å². The molecule has 1 aromatic rings. The Morgan fingerprint density at radius 3 is 2.07 bits per heavy atom. The molecule has 1 aromatic carbocycles. The van der Waals surface area contributed by atoms with Gasteiger partial charge in [0.25, 0.3) is 5.91 Å². The van der Waals surface area contributed by atoms with E-state index in [4.69, 9.17) is 0 Å². The van der Waals surface area contributed by atoms with Crippen LogP contribution >= 0.6 is 0 Å². The summed E-state index contributed by atoms with van der Waals surface area (Å²) in [5.41, 5.74) is 1.17. The first-order valence-corrected chi connectivity index (χ1v) is 10.5. The van der Waals surface area contributed by atoms with Gasteiger partial charge < -0.3 is 10.6 Å². The summed E-state index contributed by atoms with van der Waals surface area (Å²) in [6.45, 7) is 0.433. The molecule has 0 unspecified atom stereocenters. The van der Waals surface area contributed by atoms with E-state index in [1.54, 1.807) is 6.20 Å². The molecule has 2 rings (SSSR count). The zero-order chi connectivity index (χ0) is 19.2. The summed E-state index contributed by atoms with van der Waals surface area (Å²) in [6, 6.07) is 12.1. The van der Waals surface area contributed by atoms with Crippen LogP contribution in [0.25, 0.3) is 0 Å². The maximum absolute atomic E-state index is 12.3. The van der Waals surface area contributed by atoms with Gasteiger partial charge in [-0.15, -0.1) is 0 Å². The van der Waals surface area contributed by atoms with Crippen LogP contribution in [0.3, 0.4) is 0 Å². The average Bonchev–Trinajstić information content (AvgIpc) is 2.69. The molecule has 1 fully saturated rings. The van der Waals surface area contributed by atoms with Gasteiger partial charge in [0.2, 0.25) is 0 Å². The number of rotatable bonds is 5. The second-order valence-corrected chi connectivity index (χ2v) is 7.46. The minimum absolute atomic E-state index is 0.150. The molecule has 1 aliphatic carbocycles. The van der Waals surface area contributed by atoms with E-state index >= 15 is 0 Å². The molecule has 0 aromatic heterocycles. The summed E-state index contributed by atoms with van der Waals surface area (Å²) >= 11 is 0. The van der Waals surface area contributed by atoms with E-state index in [-0.39, 0.29) is 11.5 Å². The number of hydrogen-bond acceptors (Lipinski definition) is 3. The summed E-state index contributed by atoms with van der Waals surface area (Å²) in [4.78, 5) is 12.3. The molecule has 2 N–H and O–H groups in total. The Morgan fingerprint density at radius 2 is 1.52 bits per heavy atom. The van der Waals surface area contributed by atoms with Crippen LogP contribution < -0.4 is 10.6 Å². The van der Waals surface area contributed by atoms with Gasteiger partial charge in [0, 0.05) is 18.8 Å². The summed E-state index contributed by atoms with van der Waals surface area (Å²) < 4.78 is 0. The van der Waals surface area contributed by atoms with Gasteiger partial charge in [-0.3, -0.25) is 4.79 Å². The molecule has 1 amide bonds. The second kappa shape index (κ2) is 13.0. The predicted molar refractivity (Wildman–Crippen MR) is 110 cm³/mol. The second-order valence-electron chi connectivity index (χ2n) is 7.46. The molecule has 0 bridgehead atoms. The zero-order valence-electron chi connectivity index (χ0n) is 16.4. The van der Waals surface area contributed by atoms with Gasteiger partial charge in [-0.1, -0.05) is 88.1 Å². The number of carbonyl (C=O) groups excluding carboxylic acids is 1. The molecular formula is C23H33N3O. The van der Waals surface area contributed by atoms with Gasteiger partial charge in [0.15, 0.2) is 0 Å². The first kappa shape index (κ1) is 21.0. The highest BCUT2D eigenvalue weighted by molar-refractivity contribution is 5.97. The van der Waals surface area contributed by atoms with E-state index in [0.29, 0.717) is 12.6 Å². The largest absolute Gasteiger partial charge is 0.387 e. The normalized spacial score (nSPS) is 17.8. The molecule has 0 saturated heterocycles. The number of benzene rings is 1. The Morgan fingerprint density at radius 1 is 0.963 bits per heavy atom. The quantitative estimate of drug-likeness (QED) is 0.570. The SMILES string of the molecule is N#C/C(=C/NC1CCCCCCCCCCC1)C(=O)NCc1ccccc1. The average molecular weight is 368 g/mol. The van der Waals surface area contributed by atoms with E-state index in [2.05, 4.69) is 10.6 Å². The third-order valence-corrected chi connectivity index (χ3v) is 5.23. The number of carbonyl (C=O) groups is 1. The van der Waals surface area contributed by atoms with Crippen molar-refractivity contribution in [3.63, 3.8) is 0 Å². The van der Waals surface area contributed by atoms with Crippen LogP contribution in [0.2, 0.25) is 0 Å². The van der Waals surface area contributed by atoms with Gasteiger partial charge in [-0.25, -0.2) is 0 Å². The molecule has 0 aliphatic heterocycles. The lowest BCUT2D eigenvalue weighted by Crippen LogP contribution is -2.28. The van der Waals surface area contributed by atoms with Crippen molar-refractivity contribution in [2.45, 2.75) is 83.2 Å². The summed E-state index contributed by atoms with van der Waals surface area (Å²) in [7, 11) is 0. The lowest BCUT2D eigenvalue weighted by atomic mass is 9.98. The molecular weight excluding hydrogens is 334 g/mol. The summed E-state index contributed by atoms with van der Waals surface area (Å²) in [6.07, 6.45) is 15.6. The maximum Gasteiger partial charge on any atom is 0.263 e. The van der Waals surface area contributed by atoms with E-state index in [9.17, 15) is 10.1 Å². The predicted octanol–water partition coefficient (Wildman–Crippen LogP) is 4.97. The molecule has 0 heterocycles. The van der Waals surface area contributed by atoms with Crippen molar-refractivity contribution in [2.75, 3.05) is 0 Å². The molecule has 0 atom stereocenters. The Balaban J connectivity index is 1.84. The van der Waals surface area contributed by atoms with Gasteiger partial charge in [-0.2, -0.15) is 5.26 Å². The minimum Gasteiger partial charge on any atom is -0.387 e. The number of nitriles is 1. The molecule has 4 nitrogen and oxygen atoms in total. The number of nitrogens with zero attached hydrogens (tertiary/aromatic N) is 1. The maximum atomic E-state index is 12.3. The Labute approximate surface area is 164 Å². The molecule has 1 saturated carbocycles. The third kappa shape index (κ3) is 8.77. The highest BCUT2D eigenvalue weighted by Gasteiger charge is 2.11. The van der Waals surface area contributed by atoms with Gasteiger partial charge in [0.05, 0.1) is 0 Å². The zero-order valence-corrected chi connectivity index (χ0v) is 16.4. The molecule has 0 radical (unpaired) electrons. The summed E-state index contributed by atoms with van der Waals surface area (Å²) in [5, 5.41) is 15.5. The van der Waals surface area contributed by atoms with Crippen molar-refractivity contribution in [1.82, 2.24) is 10.6 Å². The van der Waals surface area contributed by atoms with Crippen molar-refractivity contribution in [3.8, 4) is 6.07 Å². The third-order valence-electron chi connectivity index (χ3n) is 5.23. The van der Waals surface area contributed by atoms with Crippen LogP contribution in [-0.2, 0) is 11.3 Å². The fourth-order valence-electron chi connectivity index (χ4n) is 3.55. The summed E-state index contributed by atoms with van der Waals surface area (Å²) in [5.74, 6) is -0.318. The van der Waals surface area contributed by atoms with Crippen molar-refractivity contribution in [1.29, 1.82) is 5.26 Å². The van der Waals surface area contributed by atoms with Gasteiger partial charge >= 0.3 is 0 Å². The lowest BCUT2D eigenvalue weighted by molar-refractivity contribution is -0.117. The van der Waals surface area contributed by atoms with E-state index in [0.717, 1.165) is 18.4 Å². The first-order chi connectivity index (χ1) is 13.3. The van der Waals surface area contributed by atoms with Crippen LogP contribution in [0.4, 0.5) is 0 Å². The van der Waals surface area contributed by atoms with E-state index in [1.165, 1.54) is 57.8 Å². The van der Waals surface area contributed by atoms with Crippen LogP contribution in [0.1, 0.15) is 76.2 Å². The van der Waals surface area contributed by atoms with E-state index < -0.39 is 0 Å². The fourth-order valence-corrected chi connectivity index (χ4v) is 3.55. The van der Waals surface area contributed by atoms with Crippen LogP contribution in [0.5, 0.6) is 0 Å². The van der Waals surface area contributed by atoms with Gasteiger partial charge in [0.1, 0.15) is 11.6 Å². The lowest BCUT2D eigenvalue weighted by Gasteiger charge is -2.18. The topological polar surface area (TPSA) is 64.9 Å². The van der Waals surface area contributed by atoms with Gasteiger partial charge in [-0.05, 0) is 18.4 Å². The smallest absolute Gasteiger partial charge is 0.263 e. The molecule has 146 valence electrons. The van der Waals surface area contributed by atoms with Crippen LogP contribution in [-0.4, -0.2) is 11.9 Å². The van der Waals surface area contributed by atoms with Crippen LogP contribution in [0, 0.1) is 11.3 Å². The van der Waals surface area contributed by atoms with Crippen molar-refractivity contribution in [2.24, 2.45) is 0 Å². The Hall–Kier alpha value is -2.28. The molecule has 27 heavy (non-hydrogen) atoms. The molecule has 0 spiro atoms. The number of amides is 1. The van der Waals surface area contributed by atoms with Crippen molar-refractivity contribution >= 4 is 5.91 Å². The van der Waals surface area contributed by atoms with Crippen molar-refractivity contribution < 1.29 is 4.79 Å². The standard InChI is InChI=1S/C23H33N3O/c24-17-21(23(27)26-18-20-13-9-8-10-14-20)19-25-22-15-11-6-4-2-1-3-5-7-12-16-22/h8-10,13-14,19,22,25H,1-7,11-12,15-16,18H2,(H,26,27)/b21-19-. The van der Waals surface area contributed by atoms with Crippen LogP contribution in [0.15, 0.2) is 42.1 Å².